The van der Waals surface area contributed by atoms with E-state index in [2.05, 4.69) is 20.6 Å². The molecule has 0 radical (unpaired) electrons. The third-order valence-corrected chi connectivity index (χ3v) is 3.16. The molecule has 0 spiro atoms. The zero-order valence-corrected chi connectivity index (χ0v) is 12.9. The summed E-state index contributed by atoms with van der Waals surface area (Å²) in [5.74, 6) is -0.126. The Balaban J connectivity index is 2.18. The number of hydrogen-bond donors (Lipinski definition) is 1. The summed E-state index contributed by atoms with van der Waals surface area (Å²) in [6.45, 7) is 1.92. The van der Waals surface area contributed by atoms with Gasteiger partial charge in [-0.1, -0.05) is 11.3 Å². The number of tetrazole rings is 1. The fourth-order valence-corrected chi connectivity index (χ4v) is 2.06. The Hall–Kier alpha value is -2.65. The highest BCUT2D eigenvalue weighted by molar-refractivity contribution is 5.76. The second-order valence-corrected chi connectivity index (χ2v) is 4.85. The molecule has 0 aliphatic rings. The summed E-state index contributed by atoms with van der Waals surface area (Å²) in [5, 5.41) is 13.3. The number of benzene rings is 1. The van der Waals surface area contributed by atoms with Crippen LogP contribution in [0.25, 0.3) is 0 Å². The van der Waals surface area contributed by atoms with E-state index < -0.39 is 17.7 Å². The van der Waals surface area contributed by atoms with Gasteiger partial charge in [0.2, 0.25) is 0 Å². The molecule has 0 bridgehead atoms. The van der Waals surface area contributed by atoms with Gasteiger partial charge in [0.1, 0.15) is 6.54 Å². The zero-order chi connectivity index (χ0) is 17.6. The number of ether oxygens (including phenoxy) is 1. The lowest BCUT2D eigenvalue weighted by Crippen LogP contribution is -2.33. The molecule has 130 valence electrons. The summed E-state index contributed by atoms with van der Waals surface area (Å²) in [5.41, 5.74) is -0.519. The Morgan fingerprint density at radius 2 is 2.17 bits per heavy atom. The van der Waals surface area contributed by atoms with E-state index in [0.29, 0.717) is 12.2 Å². The molecule has 0 saturated carbocycles. The molecule has 1 aromatic carbocycles. The highest BCUT2D eigenvalue weighted by Crippen LogP contribution is 2.31. The maximum Gasteiger partial charge on any atom is 0.416 e. The topological polar surface area (TPSA) is 84.0 Å². The number of aromatic nitrogens is 4. The van der Waals surface area contributed by atoms with Crippen LogP contribution in [-0.2, 0) is 22.1 Å². The molecule has 10 heteroatoms. The highest BCUT2D eigenvalue weighted by atomic mass is 19.4. The molecule has 1 aromatic heterocycles. The van der Waals surface area contributed by atoms with Crippen molar-refractivity contribution in [1.82, 2.24) is 20.6 Å². The van der Waals surface area contributed by atoms with E-state index in [1.807, 2.05) is 0 Å². The Morgan fingerprint density at radius 3 is 2.79 bits per heavy atom. The van der Waals surface area contributed by atoms with Gasteiger partial charge >= 0.3 is 12.1 Å². The third-order valence-electron chi connectivity index (χ3n) is 3.16. The summed E-state index contributed by atoms with van der Waals surface area (Å²) in [6.07, 6.45) is -4.15. The smallest absolute Gasteiger partial charge is 0.416 e. The predicted molar refractivity (Wildman–Crippen MR) is 78.2 cm³/mol. The molecule has 0 saturated heterocycles. The third kappa shape index (κ3) is 4.93. The van der Waals surface area contributed by atoms with Crippen LogP contribution >= 0.6 is 0 Å². The van der Waals surface area contributed by atoms with E-state index in [4.69, 9.17) is 4.74 Å². The predicted octanol–water partition coefficient (Wildman–Crippen LogP) is 1.83. The van der Waals surface area contributed by atoms with Gasteiger partial charge in [0.05, 0.1) is 12.2 Å². The normalized spacial score (nSPS) is 11.3. The van der Waals surface area contributed by atoms with E-state index in [1.54, 1.807) is 6.92 Å². The quantitative estimate of drug-likeness (QED) is 0.772. The first-order valence-corrected chi connectivity index (χ1v) is 7.20. The Bertz CT molecular complexity index is 661. The number of rotatable bonds is 7. The van der Waals surface area contributed by atoms with E-state index in [-0.39, 0.29) is 25.4 Å². The summed E-state index contributed by atoms with van der Waals surface area (Å²) in [6, 6.07) is 4.77. The molecule has 0 amide bonds. The first-order chi connectivity index (χ1) is 11.4. The first-order valence-electron chi connectivity index (χ1n) is 7.20. The van der Waals surface area contributed by atoms with Crippen molar-refractivity contribution in [3.8, 4) is 0 Å². The first kappa shape index (κ1) is 17.7. The van der Waals surface area contributed by atoms with Gasteiger partial charge in [0, 0.05) is 18.7 Å². The standard InChI is InChI=1S/C14H16F3N5O2/c1-2-24-13(23)9-22(7-6-12-18-20-21-19-12)11-5-3-4-10(8-11)14(15,16)17/h3-5,8H,2,6-7,9H2,1H3,(H,18,19,20,21). The van der Waals surface area contributed by atoms with Gasteiger partial charge in [-0.3, -0.25) is 4.79 Å². The summed E-state index contributed by atoms with van der Waals surface area (Å²) in [4.78, 5) is 13.2. The van der Waals surface area contributed by atoms with Crippen molar-refractivity contribution < 1.29 is 22.7 Å². The largest absolute Gasteiger partial charge is 0.465 e. The Kier molecular flexibility index (Phi) is 5.72. The lowest BCUT2D eigenvalue weighted by molar-refractivity contribution is -0.141. The number of carbonyl (C=O) groups is 1. The van der Waals surface area contributed by atoms with Gasteiger partial charge in [-0.2, -0.15) is 18.4 Å². The number of aromatic amines is 1. The van der Waals surface area contributed by atoms with Crippen LogP contribution in [0, 0.1) is 0 Å². The van der Waals surface area contributed by atoms with Crippen LogP contribution in [-0.4, -0.2) is 46.3 Å². The maximum atomic E-state index is 12.9. The number of alkyl halides is 3. The maximum absolute atomic E-state index is 12.9. The van der Waals surface area contributed by atoms with Crippen molar-refractivity contribution in [1.29, 1.82) is 0 Å². The average Bonchev–Trinajstić information content (AvgIpc) is 3.04. The van der Waals surface area contributed by atoms with Crippen molar-refractivity contribution in [2.24, 2.45) is 0 Å². The second-order valence-electron chi connectivity index (χ2n) is 4.85. The van der Waals surface area contributed by atoms with Gasteiger partial charge in [0.25, 0.3) is 0 Å². The van der Waals surface area contributed by atoms with Crippen molar-refractivity contribution in [2.45, 2.75) is 19.5 Å². The van der Waals surface area contributed by atoms with Gasteiger partial charge in [-0.15, -0.1) is 10.2 Å². The minimum absolute atomic E-state index is 0.174. The fourth-order valence-electron chi connectivity index (χ4n) is 2.06. The number of anilines is 1. The molecule has 24 heavy (non-hydrogen) atoms. The van der Waals surface area contributed by atoms with Crippen molar-refractivity contribution in [3.63, 3.8) is 0 Å². The molecule has 0 aliphatic carbocycles. The molecule has 7 nitrogen and oxygen atoms in total. The van der Waals surface area contributed by atoms with E-state index in [1.165, 1.54) is 17.0 Å². The lowest BCUT2D eigenvalue weighted by Gasteiger charge is -2.24. The monoisotopic (exact) mass is 343 g/mol. The number of halogens is 3. The molecular weight excluding hydrogens is 327 g/mol. The Labute approximate surface area is 135 Å². The van der Waals surface area contributed by atoms with Gasteiger partial charge in [-0.25, -0.2) is 0 Å². The number of carbonyl (C=O) groups excluding carboxylic acids is 1. The number of H-pyrrole nitrogens is 1. The average molecular weight is 343 g/mol. The molecular formula is C14H16F3N5O2. The van der Waals surface area contributed by atoms with Gasteiger partial charge in [-0.05, 0) is 25.1 Å². The van der Waals surface area contributed by atoms with Crippen LogP contribution in [0.5, 0.6) is 0 Å². The minimum atomic E-state index is -4.46. The van der Waals surface area contributed by atoms with Crippen LogP contribution in [0.15, 0.2) is 24.3 Å². The van der Waals surface area contributed by atoms with Crippen LogP contribution in [0.2, 0.25) is 0 Å². The molecule has 0 unspecified atom stereocenters. The van der Waals surface area contributed by atoms with Crippen LogP contribution in [0.1, 0.15) is 18.3 Å². The van der Waals surface area contributed by atoms with E-state index >= 15 is 0 Å². The summed E-state index contributed by atoms with van der Waals surface area (Å²) in [7, 11) is 0. The summed E-state index contributed by atoms with van der Waals surface area (Å²) < 4.78 is 43.5. The molecule has 2 rings (SSSR count). The number of esters is 1. The fraction of sp³-hybridized carbons (Fsp3) is 0.429. The highest BCUT2D eigenvalue weighted by Gasteiger charge is 2.31. The van der Waals surface area contributed by atoms with Crippen molar-refractivity contribution in [2.75, 3.05) is 24.6 Å². The van der Waals surface area contributed by atoms with E-state index in [9.17, 15) is 18.0 Å². The van der Waals surface area contributed by atoms with Crippen molar-refractivity contribution >= 4 is 11.7 Å². The van der Waals surface area contributed by atoms with Crippen LogP contribution in [0.4, 0.5) is 18.9 Å². The molecule has 2 aromatic rings. The van der Waals surface area contributed by atoms with Gasteiger partial charge < -0.3 is 9.64 Å². The molecule has 1 N–H and O–H groups in total. The lowest BCUT2D eigenvalue weighted by atomic mass is 10.1. The van der Waals surface area contributed by atoms with Crippen LogP contribution < -0.4 is 4.90 Å². The minimum Gasteiger partial charge on any atom is -0.465 e. The van der Waals surface area contributed by atoms with Gasteiger partial charge in [0.15, 0.2) is 5.82 Å². The number of nitrogens with zero attached hydrogens (tertiary/aromatic N) is 4. The second kappa shape index (κ2) is 7.75. The zero-order valence-electron chi connectivity index (χ0n) is 12.9. The molecule has 0 aliphatic heterocycles. The van der Waals surface area contributed by atoms with Crippen molar-refractivity contribution in [3.05, 3.63) is 35.7 Å². The SMILES string of the molecule is CCOC(=O)CN(CCc1nn[nH]n1)c1cccc(C(F)(F)F)c1. The number of nitrogens with one attached hydrogen (secondary N) is 1. The molecule has 0 atom stereocenters. The van der Waals surface area contributed by atoms with Crippen LogP contribution in [0.3, 0.4) is 0 Å². The molecule has 0 fully saturated rings. The molecule has 1 heterocycles. The number of hydrogen-bond acceptors (Lipinski definition) is 6. The summed E-state index contributed by atoms with van der Waals surface area (Å²) >= 11 is 0. The Morgan fingerprint density at radius 1 is 1.38 bits per heavy atom. The van der Waals surface area contributed by atoms with E-state index in [0.717, 1.165) is 12.1 Å².